The quantitative estimate of drug-likeness (QED) is 0.887. The minimum Gasteiger partial charge on any atom is -0.461 e. The Morgan fingerprint density at radius 1 is 1.36 bits per heavy atom. The molecular weight excluding hydrogens is 342 g/mol. The zero-order valence-electron chi connectivity index (χ0n) is 14.2. The van der Waals surface area contributed by atoms with E-state index < -0.39 is 9.84 Å². The average molecular weight is 363 g/mol. The molecule has 5 rings (SSSR count). The van der Waals surface area contributed by atoms with Crippen LogP contribution in [0.2, 0.25) is 0 Å². The van der Waals surface area contributed by atoms with Crippen LogP contribution in [-0.4, -0.2) is 55.6 Å². The Balaban J connectivity index is 1.62. The number of fused-ring (bicyclic) bond motifs is 4. The number of aromatic nitrogens is 1. The van der Waals surface area contributed by atoms with Crippen LogP contribution in [0.5, 0.6) is 0 Å². The fourth-order valence-corrected chi connectivity index (χ4v) is 4.87. The number of hydrogen-bond donors (Lipinski definition) is 1. The molecule has 3 aliphatic rings. The summed E-state index contributed by atoms with van der Waals surface area (Å²) in [5.74, 6) is 0.223. The van der Waals surface area contributed by atoms with Crippen LogP contribution in [0.25, 0.3) is 11.0 Å². The van der Waals surface area contributed by atoms with Gasteiger partial charge in [0.2, 0.25) is 0 Å². The minimum atomic E-state index is -3.43. The molecular formula is C17H21N3O4S. The maximum Gasteiger partial charge on any atom is 0.270 e. The maximum atomic E-state index is 12.7. The molecule has 1 amide bonds. The standard InChI is InChI=1S/C17H21N3O4S/c1-10-16(11-3-5-20(10)6-4-11)19-17(21)13-7-12-14(8-18-13)24-9-15(12)25(2,22)23/h7-11,16H,3-6H2,1-2H3,(H,19,21)/t10-,16-/m0/s1. The van der Waals surface area contributed by atoms with Crippen molar-refractivity contribution in [2.75, 3.05) is 19.3 Å². The van der Waals surface area contributed by atoms with Crippen LogP contribution in [0.4, 0.5) is 0 Å². The van der Waals surface area contributed by atoms with Crippen molar-refractivity contribution in [3.05, 3.63) is 24.2 Å². The lowest BCUT2D eigenvalue weighted by Crippen LogP contribution is -2.62. The Labute approximate surface area is 146 Å². The van der Waals surface area contributed by atoms with Gasteiger partial charge in [-0.3, -0.25) is 9.69 Å². The molecule has 25 heavy (non-hydrogen) atoms. The van der Waals surface area contributed by atoms with Crippen molar-refractivity contribution in [3.63, 3.8) is 0 Å². The number of furan rings is 1. The Kier molecular flexibility index (Phi) is 3.84. The second-order valence-electron chi connectivity index (χ2n) is 7.05. The molecule has 0 radical (unpaired) electrons. The van der Waals surface area contributed by atoms with Gasteiger partial charge in [0.1, 0.15) is 16.9 Å². The van der Waals surface area contributed by atoms with Crippen LogP contribution >= 0.6 is 0 Å². The van der Waals surface area contributed by atoms with Gasteiger partial charge in [-0.25, -0.2) is 13.4 Å². The number of nitrogens with zero attached hydrogens (tertiary/aromatic N) is 2. The highest BCUT2D eigenvalue weighted by molar-refractivity contribution is 7.91. The van der Waals surface area contributed by atoms with Crippen LogP contribution in [0.1, 0.15) is 30.3 Å². The first kappa shape index (κ1) is 16.5. The van der Waals surface area contributed by atoms with Crippen molar-refractivity contribution >= 4 is 26.7 Å². The number of rotatable bonds is 3. The van der Waals surface area contributed by atoms with Gasteiger partial charge in [-0.2, -0.15) is 0 Å². The summed E-state index contributed by atoms with van der Waals surface area (Å²) >= 11 is 0. The third-order valence-electron chi connectivity index (χ3n) is 5.53. The number of carbonyl (C=O) groups excluding carboxylic acids is 1. The summed E-state index contributed by atoms with van der Waals surface area (Å²) in [6.45, 7) is 4.33. The molecule has 3 aliphatic heterocycles. The third-order valence-corrected chi connectivity index (χ3v) is 6.65. The van der Waals surface area contributed by atoms with Gasteiger partial charge in [-0.05, 0) is 44.8 Å². The van der Waals surface area contributed by atoms with E-state index in [2.05, 4.69) is 22.1 Å². The second-order valence-corrected chi connectivity index (χ2v) is 9.04. The van der Waals surface area contributed by atoms with Crippen molar-refractivity contribution in [1.29, 1.82) is 0 Å². The Morgan fingerprint density at radius 3 is 2.72 bits per heavy atom. The van der Waals surface area contributed by atoms with Gasteiger partial charge in [0.25, 0.3) is 5.91 Å². The van der Waals surface area contributed by atoms with Crippen LogP contribution in [0.15, 0.2) is 27.8 Å². The van der Waals surface area contributed by atoms with E-state index in [-0.39, 0.29) is 22.5 Å². The highest BCUT2D eigenvalue weighted by Gasteiger charge is 2.40. The fourth-order valence-electron chi connectivity index (χ4n) is 4.09. The van der Waals surface area contributed by atoms with E-state index in [1.807, 2.05) is 0 Å². The summed E-state index contributed by atoms with van der Waals surface area (Å²) in [6, 6.07) is 1.91. The summed E-state index contributed by atoms with van der Waals surface area (Å²) in [5.41, 5.74) is 0.565. The number of amides is 1. The molecule has 2 aromatic rings. The minimum absolute atomic E-state index is 0.0788. The first-order valence-corrected chi connectivity index (χ1v) is 10.4. The van der Waals surface area contributed by atoms with Gasteiger partial charge >= 0.3 is 0 Å². The molecule has 134 valence electrons. The Hall–Kier alpha value is -1.93. The molecule has 1 N–H and O–H groups in total. The third kappa shape index (κ3) is 2.83. The van der Waals surface area contributed by atoms with Gasteiger partial charge in [0, 0.05) is 23.7 Å². The first-order valence-electron chi connectivity index (χ1n) is 8.47. The number of nitrogens with one attached hydrogen (secondary N) is 1. The lowest BCUT2D eigenvalue weighted by Gasteiger charge is -2.49. The normalized spacial score (nSPS) is 29.0. The molecule has 8 heteroatoms. The van der Waals surface area contributed by atoms with E-state index in [1.54, 1.807) is 0 Å². The van der Waals surface area contributed by atoms with E-state index >= 15 is 0 Å². The maximum absolute atomic E-state index is 12.7. The SMILES string of the molecule is C[C@H]1[C@H](NC(=O)c2cc3c(S(C)(=O)=O)coc3cn2)C2CCN1CC2. The molecule has 3 saturated heterocycles. The van der Waals surface area contributed by atoms with Crippen molar-refractivity contribution in [1.82, 2.24) is 15.2 Å². The predicted molar refractivity (Wildman–Crippen MR) is 92.1 cm³/mol. The molecule has 2 aromatic heterocycles. The summed E-state index contributed by atoms with van der Waals surface area (Å²) in [6.07, 6.45) is 5.91. The largest absolute Gasteiger partial charge is 0.461 e. The highest BCUT2D eigenvalue weighted by atomic mass is 32.2. The number of hydrogen-bond acceptors (Lipinski definition) is 6. The van der Waals surface area contributed by atoms with Crippen molar-refractivity contribution in [3.8, 4) is 0 Å². The van der Waals surface area contributed by atoms with Crippen molar-refractivity contribution in [2.45, 2.75) is 36.7 Å². The number of carbonyl (C=O) groups is 1. The molecule has 0 saturated carbocycles. The molecule has 3 fully saturated rings. The lowest BCUT2D eigenvalue weighted by atomic mass is 9.79. The van der Waals surface area contributed by atoms with Gasteiger partial charge in [-0.1, -0.05) is 0 Å². The molecule has 2 atom stereocenters. The van der Waals surface area contributed by atoms with Crippen LogP contribution in [-0.2, 0) is 9.84 Å². The first-order chi connectivity index (χ1) is 11.8. The topological polar surface area (TPSA) is 92.5 Å². The molecule has 7 nitrogen and oxygen atoms in total. The highest BCUT2D eigenvalue weighted by Crippen LogP contribution is 2.32. The van der Waals surface area contributed by atoms with Gasteiger partial charge < -0.3 is 9.73 Å². The Bertz CT molecular complexity index is 927. The molecule has 0 spiro atoms. The van der Waals surface area contributed by atoms with E-state index in [0.29, 0.717) is 22.9 Å². The van der Waals surface area contributed by atoms with E-state index in [4.69, 9.17) is 4.42 Å². The molecule has 0 unspecified atom stereocenters. The number of sulfone groups is 1. The zero-order chi connectivity index (χ0) is 17.8. The van der Waals surface area contributed by atoms with Crippen LogP contribution in [0.3, 0.4) is 0 Å². The summed E-state index contributed by atoms with van der Waals surface area (Å²) in [5, 5.41) is 3.50. The van der Waals surface area contributed by atoms with Gasteiger partial charge in [-0.15, -0.1) is 0 Å². The lowest BCUT2D eigenvalue weighted by molar-refractivity contribution is 0.0216. The van der Waals surface area contributed by atoms with E-state index in [1.165, 1.54) is 18.5 Å². The monoisotopic (exact) mass is 363 g/mol. The predicted octanol–water partition coefficient (Wildman–Crippen LogP) is 1.44. The summed E-state index contributed by atoms with van der Waals surface area (Å²) < 4.78 is 28.9. The Morgan fingerprint density at radius 2 is 2.08 bits per heavy atom. The van der Waals surface area contributed by atoms with Crippen molar-refractivity contribution < 1.29 is 17.6 Å². The van der Waals surface area contributed by atoms with Crippen LogP contribution in [0, 0.1) is 5.92 Å². The van der Waals surface area contributed by atoms with Crippen molar-refractivity contribution in [2.24, 2.45) is 5.92 Å². The summed E-state index contributed by atoms with van der Waals surface area (Å²) in [4.78, 5) is 19.3. The average Bonchev–Trinajstić information content (AvgIpc) is 3.01. The molecule has 5 heterocycles. The van der Waals surface area contributed by atoms with E-state index in [0.717, 1.165) is 32.2 Å². The van der Waals surface area contributed by atoms with Gasteiger partial charge in [0.15, 0.2) is 15.4 Å². The molecule has 0 aliphatic carbocycles. The van der Waals surface area contributed by atoms with Crippen LogP contribution < -0.4 is 5.32 Å². The van der Waals surface area contributed by atoms with Gasteiger partial charge in [0.05, 0.1) is 6.20 Å². The van der Waals surface area contributed by atoms with E-state index in [9.17, 15) is 13.2 Å². The number of pyridine rings is 1. The summed E-state index contributed by atoms with van der Waals surface area (Å²) in [7, 11) is -3.43. The molecule has 0 aromatic carbocycles. The second kappa shape index (κ2) is 5.81. The zero-order valence-corrected chi connectivity index (χ0v) is 15.0. The fraction of sp³-hybridized carbons (Fsp3) is 0.529. The number of piperidine rings is 3. The molecule has 2 bridgehead atoms. The smallest absolute Gasteiger partial charge is 0.270 e.